The van der Waals surface area contributed by atoms with Crippen molar-refractivity contribution < 1.29 is 0 Å². The fourth-order valence-corrected chi connectivity index (χ4v) is 0.962. The lowest BCUT2D eigenvalue weighted by Crippen LogP contribution is -2.03. The van der Waals surface area contributed by atoms with Crippen molar-refractivity contribution in [3.8, 4) is 0 Å². The van der Waals surface area contributed by atoms with Gasteiger partial charge in [-0.2, -0.15) is 0 Å². The van der Waals surface area contributed by atoms with E-state index in [1.165, 1.54) is 6.33 Å². The Bertz CT molecular complexity index is 297. The van der Waals surface area contributed by atoms with Crippen LogP contribution in [0.3, 0.4) is 0 Å². The van der Waals surface area contributed by atoms with Gasteiger partial charge in [0.05, 0.1) is 5.56 Å². The number of nitrogen functional groups attached to an aromatic ring is 2. The third-order valence-corrected chi connectivity index (χ3v) is 1.73. The van der Waals surface area contributed by atoms with E-state index in [-0.39, 0.29) is 0 Å². The monoisotopic (exact) mass is 164 g/mol. The molecule has 1 aromatic heterocycles. The minimum Gasteiger partial charge on any atom is -0.383 e. The quantitative estimate of drug-likeness (QED) is 0.650. The van der Waals surface area contributed by atoms with Crippen LogP contribution in [0.4, 0.5) is 11.6 Å². The lowest BCUT2D eigenvalue weighted by molar-refractivity contribution is 1.17. The minimum atomic E-state index is 0.429. The van der Waals surface area contributed by atoms with Crippen LogP contribution in [-0.2, 0) is 0 Å². The maximum Gasteiger partial charge on any atom is 0.136 e. The lowest BCUT2D eigenvalue weighted by Gasteiger charge is -2.05. The number of anilines is 2. The summed E-state index contributed by atoms with van der Waals surface area (Å²) in [4.78, 5) is 7.71. The van der Waals surface area contributed by atoms with Crippen LogP contribution in [0.2, 0.25) is 0 Å². The SMILES string of the molecule is C/C=C(\C)c1c(N)ncnc1N. The predicted octanol–water partition coefficient (Wildman–Crippen LogP) is 1.06. The van der Waals surface area contributed by atoms with E-state index in [9.17, 15) is 0 Å². The van der Waals surface area contributed by atoms with Crippen LogP contribution >= 0.6 is 0 Å². The maximum absolute atomic E-state index is 5.63. The predicted molar refractivity (Wildman–Crippen MR) is 50.2 cm³/mol. The lowest BCUT2D eigenvalue weighted by atomic mass is 10.1. The largest absolute Gasteiger partial charge is 0.383 e. The van der Waals surface area contributed by atoms with Crippen molar-refractivity contribution in [2.75, 3.05) is 11.5 Å². The van der Waals surface area contributed by atoms with Gasteiger partial charge < -0.3 is 11.5 Å². The highest BCUT2D eigenvalue weighted by molar-refractivity contribution is 5.78. The maximum atomic E-state index is 5.63. The van der Waals surface area contributed by atoms with Gasteiger partial charge in [0.25, 0.3) is 0 Å². The molecular weight excluding hydrogens is 152 g/mol. The van der Waals surface area contributed by atoms with Gasteiger partial charge in [0.1, 0.15) is 18.0 Å². The summed E-state index contributed by atoms with van der Waals surface area (Å²) in [6, 6.07) is 0. The van der Waals surface area contributed by atoms with E-state index in [0.717, 1.165) is 11.1 Å². The summed E-state index contributed by atoms with van der Waals surface area (Å²) in [6.45, 7) is 3.84. The van der Waals surface area contributed by atoms with Crippen molar-refractivity contribution in [3.05, 3.63) is 18.0 Å². The summed E-state index contributed by atoms with van der Waals surface area (Å²) in [5.41, 5.74) is 13.0. The molecule has 12 heavy (non-hydrogen) atoms. The molecule has 0 aliphatic heterocycles. The Balaban J connectivity index is 3.31. The summed E-state index contributed by atoms with van der Waals surface area (Å²) in [7, 11) is 0. The third kappa shape index (κ3) is 1.37. The molecule has 4 nitrogen and oxygen atoms in total. The number of allylic oxidation sites excluding steroid dienone is 2. The Hall–Kier alpha value is -1.58. The molecule has 0 aliphatic carbocycles. The normalized spacial score (nSPS) is 11.7. The molecule has 0 saturated carbocycles. The van der Waals surface area contributed by atoms with Crippen molar-refractivity contribution in [1.82, 2.24) is 9.97 Å². The summed E-state index contributed by atoms with van der Waals surface area (Å²) in [5.74, 6) is 0.858. The summed E-state index contributed by atoms with van der Waals surface area (Å²) >= 11 is 0. The van der Waals surface area contributed by atoms with Crippen LogP contribution < -0.4 is 11.5 Å². The second-order valence-corrected chi connectivity index (χ2v) is 2.49. The van der Waals surface area contributed by atoms with Crippen molar-refractivity contribution in [1.29, 1.82) is 0 Å². The Morgan fingerprint density at radius 1 is 1.33 bits per heavy atom. The van der Waals surface area contributed by atoms with Crippen molar-refractivity contribution >= 4 is 17.2 Å². The molecule has 0 bridgehead atoms. The van der Waals surface area contributed by atoms with E-state index in [1.807, 2.05) is 19.9 Å². The molecule has 0 unspecified atom stereocenters. The van der Waals surface area contributed by atoms with Gasteiger partial charge >= 0.3 is 0 Å². The Morgan fingerprint density at radius 3 is 2.25 bits per heavy atom. The van der Waals surface area contributed by atoms with E-state index in [0.29, 0.717) is 11.6 Å². The van der Waals surface area contributed by atoms with E-state index >= 15 is 0 Å². The molecule has 0 fully saturated rings. The molecule has 0 saturated heterocycles. The Kier molecular flexibility index (Phi) is 2.28. The first-order chi connectivity index (χ1) is 5.66. The minimum absolute atomic E-state index is 0.429. The first-order valence-corrected chi connectivity index (χ1v) is 3.66. The number of aromatic nitrogens is 2. The van der Waals surface area contributed by atoms with Gasteiger partial charge in [-0.05, 0) is 19.4 Å². The summed E-state index contributed by atoms with van der Waals surface area (Å²) in [5, 5.41) is 0. The van der Waals surface area contributed by atoms with Gasteiger partial charge in [-0.25, -0.2) is 9.97 Å². The molecule has 0 aliphatic rings. The molecule has 1 aromatic rings. The Labute approximate surface area is 71.3 Å². The average molecular weight is 164 g/mol. The highest BCUT2D eigenvalue weighted by Gasteiger charge is 2.06. The molecule has 0 spiro atoms. The third-order valence-electron chi connectivity index (χ3n) is 1.73. The second-order valence-electron chi connectivity index (χ2n) is 2.49. The van der Waals surface area contributed by atoms with Crippen molar-refractivity contribution in [3.63, 3.8) is 0 Å². The molecule has 0 amide bonds. The Morgan fingerprint density at radius 2 is 1.83 bits per heavy atom. The number of hydrogen-bond acceptors (Lipinski definition) is 4. The van der Waals surface area contributed by atoms with Crippen LogP contribution in [0.5, 0.6) is 0 Å². The van der Waals surface area contributed by atoms with E-state index < -0.39 is 0 Å². The van der Waals surface area contributed by atoms with Gasteiger partial charge in [-0.3, -0.25) is 0 Å². The van der Waals surface area contributed by atoms with Gasteiger partial charge in [0.2, 0.25) is 0 Å². The molecule has 4 heteroatoms. The molecule has 0 aromatic carbocycles. The second kappa shape index (κ2) is 3.21. The number of rotatable bonds is 1. The first kappa shape index (κ1) is 8.52. The fourth-order valence-electron chi connectivity index (χ4n) is 0.962. The topological polar surface area (TPSA) is 77.8 Å². The van der Waals surface area contributed by atoms with Crippen molar-refractivity contribution in [2.45, 2.75) is 13.8 Å². The highest BCUT2D eigenvalue weighted by atomic mass is 15.0. The molecule has 0 atom stereocenters. The molecule has 4 N–H and O–H groups in total. The number of nitrogens with two attached hydrogens (primary N) is 2. The van der Waals surface area contributed by atoms with E-state index in [1.54, 1.807) is 0 Å². The molecule has 1 rings (SSSR count). The zero-order chi connectivity index (χ0) is 9.14. The van der Waals surface area contributed by atoms with Crippen LogP contribution in [-0.4, -0.2) is 9.97 Å². The van der Waals surface area contributed by atoms with Crippen LogP contribution in [0.15, 0.2) is 12.4 Å². The molecule has 64 valence electrons. The first-order valence-electron chi connectivity index (χ1n) is 3.66. The summed E-state index contributed by atoms with van der Waals surface area (Å²) < 4.78 is 0. The fraction of sp³-hybridized carbons (Fsp3) is 0.250. The molecule has 0 radical (unpaired) electrons. The van der Waals surface area contributed by atoms with Gasteiger partial charge in [0, 0.05) is 0 Å². The van der Waals surface area contributed by atoms with Crippen molar-refractivity contribution in [2.24, 2.45) is 0 Å². The zero-order valence-electron chi connectivity index (χ0n) is 7.20. The van der Waals surface area contributed by atoms with Crippen LogP contribution in [0.1, 0.15) is 19.4 Å². The smallest absolute Gasteiger partial charge is 0.136 e. The van der Waals surface area contributed by atoms with Gasteiger partial charge in [-0.1, -0.05) is 6.08 Å². The van der Waals surface area contributed by atoms with E-state index in [2.05, 4.69) is 9.97 Å². The van der Waals surface area contributed by atoms with E-state index in [4.69, 9.17) is 11.5 Å². The molecule has 1 heterocycles. The number of nitrogens with zero attached hydrogens (tertiary/aromatic N) is 2. The highest BCUT2D eigenvalue weighted by Crippen LogP contribution is 2.22. The number of hydrogen-bond donors (Lipinski definition) is 2. The van der Waals surface area contributed by atoms with Gasteiger partial charge in [-0.15, -0.1) is 0 Å². The van der Waals surface area contributed by atoms with Crippen LogP contribution in [0.25, 0.3) is 5.57 Å². The average Bonchev–Trinajstić information content (AvgIpc) is 2.03. The standard InChI is InChI=1S/C8H12N4/c1-3-5(2)6-7(9)11-4-12-8(6)10/h3-4H,1-2H3,(H4,9,10,11,12)/b5-3+. The summed E-state index contributed by atoms with van der Waals surface area (Å²) in [6.07, 6.45) is 3.28. The molecular formula is C8H12N4. The van der Waals surface area contributed by atoms with Gasteiger partial charge in [0.15, 0.2) is 0 Å². The zero-order valence-corrected chi connectivity index (χ0v) is 7.20. The van der Waals surface area contributed by atoms with Crippen LogP contribution in [0, 0.1) is 0 Å².